The van der Waals surface area contributed by atoms with E-state index in [1.165, 1.54) is 11.1 Å². The van der Waals surface area contributed by atoms with Crippen LogP contribution < -0.4 is 10.5 Å². The van der Waals surface area contributed by atoms with Crippen molar-refractivity contribution >= 4 is 0 Å². The van der Waals surface area contributed by atoms with Gasteiger partial charge in [0.1, 0.15) is 11.6 Å². The molecule has 2 aromatic rings. The predicted octanol–water partition coefficient (Wildman–Crippen LogP) is 2.64. The molecule has 1 heterocycles. The molecule has 0 fully saturated rings. The van der Waals surface area contributed by atoms with Crippen LogP contribution >= 0.6 is 0 Å². The molecule has 1 aliphatic carbocycles. The number of hydrogen-bond acceptors (Lipinski definition) is 3. The molecule has 20 heavy (non-hydrogen) atoms. The maximum Gasteiger partial charge on any atom is 0.119 e. The molecule has 4 heteroatoms. The summed E-state index contributed by atoms with van der Waals surface area (Å²) in [4.78, 5) is 4.46. The first kappa shape index (κ1) is 13.2. The molecule has 106 valence electrons. The average Bonchev–Trinajstić information content (AvgIpc) is 3.04. The van der Waals surface area contributed by atoms with Crippen LogP contribution in [0, 0.1) is 0 Å². The molecule has 0 spiro atoms. The zero-order valence-electron chi connectivity index (χ0n) is 12.0. The van der Waals surface area contributed by atoms with Crippen molar-refractivity contribution in [2.45, 2.75) is 38.3 Å². The maximum absolute atomic E-state index is 6.47. The SMILES string of the molecule is CCCc1nccn1C1Cc2ccc(OC)cc2C1N. The Balaban J connectivity index is 1.93. The highest BCUT2D eigenvalue weighted by molar-refractivity contribution is 5.42. The van der Waals surface area contributed by atoms with Crippen LogP contribution in [0.1, 0.15) is 42.4 Å². The first-order valence-electron chi connectivity index (χ1n) is 7.18. The Labute approximate surface area is 119 Å². The second-order valence-electron chi connectivity index (χ2n) is 5.36. The van der Waals surface area contributed by atoms with E-state index in [1.807, 2.05) is 12.3 Å². The quantitative estimate of drug-likeness (QED) is 0.930. The fourth-order valence-electron chi connectivity index (χ4n) is 3.09. The fraction of sp³-hybridized carbons (Fsp3) is 0.438. The molecular formula is C16H21N3O. The molecule has 1 aliphatic rings. The van der Waals surface area contributed by atoms with Gasteiger partial charge in [0.15, 0.2) is 0 Å². The second-order valence-corrected chi connectivity index (χ2v) is 5.36. The third kappa shape index (κ3) is 2.10. The van der Waals surface area contributed by atoms with Crippen molar-refractivity contribution < 1.29 is 4.74 Å². The van der Waals surface area contributed by atoms with Crippen molar-refractivity contribution in [1.29, 1.82) is 0 Å². The standard InChI is InChI=1S/C16H21N3O/c1-3-4-15-18-7-8-19(15)14-9-11-5-6-12(20-2)10-13(11)16(14)17/h5-8,10,14,16H,3-4,9,17H2,1-2H3. The molecule has 1 aromatic carbocycles. The number of ether oxygens (including phenoxy) is 1. The number of rotatable bonds is 4. The Bertz CT molecular complexity index is 606. The van der Waals surface area contributed by atoms with E-state index in [9.17, 15) is 0 Å². The van der Waals surface area contributed by atoms with Crippen LogP contribution in [0.5, 0.6) is 5.75 Å². The molecule has 2 N–H and O–H groups in total. The smallest absolute Gasteiger partial charge is 0.119 e. The highest BCUT2D eigenvalue weighted by Crippen LogP contribution is 2.39. The first-order valence-corrected chi connectivity index (χ1v) is 7.18. The second kappa shape index (κ2) is 5.29. The van der Waals surface area contributed by atoms with Crippen molar-refractivity contribution in [1.82, 2.24) is 9.55 Å². The van der Waals surface area contributed by atoms with Gasteiger partial charge in [0.2, 0.25) is 0 Å². The van der Waals surface area contributed by atoms with Gasteiger partial charge in [-0.25, -0.2) is 4.98 Å². The summed E-state index contributed by atoms with van der Waals surface area (Å²) in [6.07, 6.45) is 6.99. The minimum absolute atomic E-state index is 0.00454. The lowest BCUT2D eigenvalue weighted by Gasteiger charge is -2.20. The first-order chi connectivity index (χ1) is 9.74. The van der Waals surface area contributed by atoms with Crippen molar-refractivity contribution in [2.24, 2.45) is 5.73 Å². The van der Waals surface area contributed by atoms with Gasteiger partial charge in [-0.05, 0) is 36.1 Å². The van der Waals surface area contributed by atoms with E-state index in [1.54, 1.807) is 7.11 Å². The van der Waals surface area contributed by atoms with Crippen LogP contribution in [0.4, 0.5) is 0 Å². The van der Waals surface area contributed by atoms with Crippen molar-refractivity contribution in [3.8, 4) is 5.75 Å². The maximum atomic E-state index is 6.47. The average molecular weight is 271 g/mol. The number of methoxy groups -OCH3 is 1. The van der Waals surface area contributed by atoms with Crippen LogP contribution in [0.25, 0.3) is 0 Å². The van der Waals surface area contributed by atoms with E-state index in [0.717, 1.165) is 30.8 Å². The summed E-state index contributed by atoms with van der Waals surface area (Å²) in [5, 5.41) is 0. The molecule has 0 aliphatic heterocycles. The van der Waals surface area contributed by atoms with Crippen LogP contribution in [0.3, 0.4) is 0 Å². The largest absolute Gasteiger partial charge is 0.497 e. The summed E-state index contributed by atoms with van der Waals surface area (Å²) >= 11 is 0. The number of fused-ring (bicyclic) bond motifs is 1. The van der Waals surface area contributed by atoms with Gasteiger partial charge in [-0.15, -0.1) is 0 Å². The topological polar surface area (TPSA) is 53.1 Å². The van der Waals surface area contributed by atoms with Gasteiger partial charge in [0, 0.05) is 18.8 Å². The summed E-state index contributed by atoms with van der Waals surface area (Å²) in [5.41, 5.74) is 8.98. The van der Waals surface area contributed by atoms with E-state index >= 15 is 0 Å². The van der Waals surface area contributed by atoms with Crippen molar-refractivity contribution in [3.05, 3.63) is 47.5 Å². The molecule has 2 unspecified atom stereocenters. The third-order valence-corrected chi connectivity index (χ3v) is 4.14. The van der Waals surface area contributed by atoms with Crippen molar-refractivity contribution in [3.63, 3.8) is 0 Å². The van der Waals surface area contributed by atoms with Crippen LogP contribution in [-0.4, -0.2) is 16.7 Å². The summed E-state index contributed by atoms with van der Waals surface area (Å²) in [7, 11) is 1.69. The van der Waals surface area contributed by atoms with Gasteiger partial charge < -0.3 is 15.0 Å². The van der Waals surface area contributed by atoms with Gasteiger partial charge in [0.05, 0.1) is 19.2 Å². The molecular weight excluding hydrogens is 250 g/mol. The Morgan fingerprint density at radius 1 is 1.45 bits per heavy atom. The molecule has 2 atom stereocenters. The Hall–Kier alpha value is -1.81. The number of benzene rings is 1. The van der Waals surface area contributed by atoms with E-state index in [2.05, 4.69) is 34.8 Å². The summed E-state index contributed by atoms with van der Waals surface area (Å²) in [5.74, 6) is 2.01. The van der Waals surface area contributed by atoms with Gasteiger partial charge in [-0.2, -0.15) is 0 Å². The number of aromatic nitrogens is 2. The third-order valence-electron chi connectivity index (χ3n) is 4.14. The summed E-state index contributed by atoms with van der Waals surface area (Å²) in [6, 6.07) is 6.47. The lowest BCUT2D eigenvalue weighted by atomic mass is 10.1. The summed E-state index contributed by atoms with van der Waals surface area (Å²) in [6.45, 7) is 2.17. The van der Waals surface area contributed by atoms with Crippen molar-refractivity contribution in [2.75, 3.05) is 7.11 Å². The van der Waals surface area contributed by atoms with E-state index < -0.39 is 0 Å². The van der Waals surface area contributed by atoms with Crippen LogP contribution in [0.2, 0.25) is 0 Å². The predicted molar refractivity (Wildman–Crippen MR) is 78.9 cm³/mol. The van der Waals surface area contributed by atoms with Crippen LogP contribution in [0.15, 0.2) is 30.6 Å². The molecule has 3 rings (SSSR count). The number of aryl methyl sites for hydroxylation is 1. The number of hydrogen-bond donors (Lipinski definition) is 1. The molecule has 0 saturated heterocycles. The molecule has 0 amide bonds. The molecule has 0 saturated carbocycles. The van der Waals surface area contributed by atoms with E-state index in [-0.39, 0.29) is 12.1 Å². The molecule has 0 radical (unpaired) electrons. The van der Waals surface area contributed by atoms with Gasteiger partial charge in [0.25, 0.3) is 0 Å². The van der Waals surface area contributed by atoms with Gasteiger partial charge in [-0.1, -0.05) is 13.0 Å². The fourth-order valence-corrected chi connectivity index (χ4v) is 3.09. The monoisotopic (exact) mass is 271 g/mol. The van der Waals surface area contributed by atoms with E-state index in [4.69, 9.17) is 10.5 Å². The molecule has 0 bridgehead atoms. The normalized spacial score (nSPS) is 20.9. The highest BCUT2D eigenvalue weighted by atomic mass is 16.5. The van der Waals surface area contributed by atoms with E-state index in [0.29, 0.717) is 0 Å². The lowest BCUT2D eigenvalue weighted by molar-refractivity contribution is 0.412. The van der Waals surface area contributed by atoms with Gasteiger partial charge in [-0.3, -0.25) is 0 Å². The zero-order valence-corrected chi connectivity index (χ0v) is 12.0. The minimum atomic E-state index is 0.00454. The Morgan fingerprint density at radius 3 is 3.05 bits per heavy atom. The zero-order chi connectivity index (χ0) is 14.1. The number of imidazole rings is 1. The van der Waals surface area contributed by atoms with Crippen LogP contribution in [-0.2, 0) is 12.8 Å². The summed E-state index contributed by atoms with van der Waals surface area (Å²) < 4.78 is 7.55. The number of nitrogens with two attached hydrogens (primary N) is 1. The highest BCUT2D eigenvalue weighted by Gasteiger charge is 2.32. The van der Waals surface area contributed by atoms with Gasteiger partial charge >= 0.3 is 0 Å². The minimum Gasteiger partial charge on any atom is -0.497 e. The Morgan fingerprint density at radius 2 is 2.30 bits per heavy atom. The Kier molecular flexibility index (Phi) is 3.49. The molecule has 4 nitrogen and oxygen atoms in total. The molecule has 1 aromatic heterocycles. The number of nitrogens with zero attached hydrogens (tertiary/aromatic N) is 2. The lowest BCUT2D eigenvalue weighted by Crippen LogP contribution is -2.22.